The number of halogens is 1. The van der Waals surface area contributed by atoms with Crippen molar-refractivity contribution in [1.29, 1.82) is 0 Å². The number of hydrogen-bond acceptors (Lipinski definition) is 5. The van der Waals surface area contributed by atoms with Crippen LogP contribution in [0.4, 0.5) is 0 Å². The number of benzene rings is 3. The van der Waals surface area contributed by atoms with E-state index in [2.05, 4.69) is 15.9 Å². The highest BCUT2D eigenvalue weighted by Gasteiger charge is 2.11. The van der Waals surface area contributed by atoms with Crippen molar-refractivity contribution in [2.24, 2.45) is 0 Å². The zero-order valence-corrected chi connectivity index (χ0v) is 18.7. The molecule has 0 radical (unpaired) electrons. The van der Waals surface area contributed by atoms with E-state index in [0.29, 0.717) is 29.5 Å². The van der Waals surface area contributed by atoms with E-state index >= 15 is 0 Å². The number of Topliss-reactive ketones (excluding diaryl/α,β-unsaturated/α-hetero) is 1. The van der Waals surface area contributed by atoms with Gasteiger partial charge < -0.3 is 4.74 Å². The Kier molecular flexibility index (Phi) is 6.45. The lowest BCUT2D eigenvalue weighted by atomic mass is 10.1. The second kappa shape index (κ2) is 9.41. The summed E-state index contributed by atoms with van der Waals surface area (Å²) in [5.74, 6) is 2.02. The minimum atomic E-state index is -0.000753. The average Bonchev–Trinajstić information content (AvgIpc) is 2.77. The van der Waals surface area contributed by atoms with E-state index in [9.17, 15) is 4.79 Å². The summed E-state index contributed by atoms with van der Waals surface area (Å²) in [6.45, 7) is 2.02. The normalized spacial score (nSPS) is 10.9. The molecule has 0 fully saturated rings. The van der Waals surface area contributed by atoms with Crippen molar-refractivity contribution < 1.29 is 9.53 Å². The lowest BCUT2D eigenvalue weighted by Gasteiger charge is -2.11. The molecule has 150 valence electrons. The van der Waals surface area contributed by atoms with E-state index in [-0.39, 0.29) is 5.78 Å². The van der Waals surface area contributed by atoms with E-state index in [1.54, 1.807) is 24.8 Å². The number of nitrogens with zero attached hydrogens (tertiary/aromatic N) is 2. The summed E-state index contributed by atoms with van der Waals surface area (Å²) in [7, 11) is 0. The lowest BCUT2D eigenvalue weighted by Crippen LogP contribution is -2.05. The van der Waals surface area contributed by atoms with Crippen LogP contribution in [-0.2, 0) is 0 Å². The maximum Gasteiger partial charge on any atom is 0.163 e. The average molecular weight is 479 g/mol. The minimum absolute atomic E-state index is 0.000753. The molecule has 4 rings (SSSR count). The summed E-state index contributed by atoms with van der Waals surface area (Å²) in [5, 5.41) is 1.94. The van der Waals surface area contributed by atoms with Gasteiger partial charge in [-0.1, -0.05) is 58.4 Å². The first-order valence-electron chi connectivity index (χ1n) is 9.50. The van der Waals surface area contributed by atoms with Crippen molar-refractivity contribution >= 4 is 44.4 Å². The molecule has 30 heavy (non-hydrogen) atoms. The molecule has 0 saturated heterocycles. The highest BCUT2D eigenvalue weighted by Crippen LogP contribution is 2.29. The van der Waals surface area contributed by atoms with Crippen LogP contribution in [0.15, 0.2) is 82.3 Å². The summed E-state index contributed by atoms with van der Waals surface area (Å²) in [5.41, 5.74) is 2.49. The molecule has 0 bridgehead atoms. The van der Waals surface area contributed by atoms with Gasteiger partial charge in [0, 0.05) is 21.2 Å². The van der Waals surface area contributed by atoms with Crippen LogP contribution >= 0.6 is 27.7 Å². The number of ether oxygens (including phenoxy) is 1. The molecule has 3 aromatic carbocycles. The van der Waals surface area contributed by atoms with Crippen molar-refractivity contribution in [2.75, 3.05) is 12.4 Å². The first-order valence-corrected chi connectivity index (χ1v) is 11.3. The van der Waals surface area contributed by atoms with Gasteiger partial charge in [-0.15, -0.1) is 11.8 Å². The van der Waals surface area contributed by atoms with Gasteiger partial charge >= 0.3 is 0 Å². The van der Waals surface area contributed by atoms with Crippen molar-refractivity contribution in [1.82, 2.24) is 9.97 Å². The minimum Gasteiger partial charge on any atom is -0.492 e. The number of para-hydroxylation sites is 2. The molecule has 4 nitrogen and oxygen atoms in total. The van der Waals surface area contributed by atoms with Crippen LogP contribution < -0.4 is 4.74 Å². The monoisotopic (exact) mass is 478 g/mol. The Balaban J connectivity index is 1.54. The highest BCUT2D eigenvalue weighted by atomic mass is 79.9. The SMILES string of the molecule is CC(=O)c1ccccc1OCCSc1nc(-c2ccc(Br)cc2)nc2ccccc12. The zero-order chi connectivity index (χ0) is 20.9. The van der Waals surface area contributed by atoms with E-state index in [1.165, 1.54) is 0 Å². The van der Waals surface area contributed by atoms with Crippen molar-refractivity contribution in [3.05, 3.63) is 82.8 Å². The first kappa shape index (κ1) is 20.6. The number of ketones is 1. The Morgan fingerprint density at radius 1 is 0.967 bits per heavy atom. The molecule has 0 saturated carbocycles. The number of hydrogen-bond donors (Lipinski definition) is 0. The summed E-state index contributed by atoms with van der Waals surface area (Å²) >= 11 is 5.09. The van der Waals surface area contributed by atoms with Crippen LogP contribution in [0.25, 0.3) is 22.3 Å². The van der Waals surface area contributed by atoms with Gasteiger partial charge in [0.2, 0.25) is 0 Å². The quantitative estimate of drug-likeness (QED) is 0.132. The van der Waals surface area contributed by atoms with Crippen LogP contribution in [0.3, 0.4) is 0 Å². The molecule has 0 atom stereocenters. The van der Waals surface area contributed by atoms with Gasteiger partial charge in [-0.3, -0.25) is 4.79 Å². The van der Waals surface area contributed by atoms with Crippen LogP contribution in [0, 0.1) is 0 Å². The molecular formula is C24H19BrN2O2S. The third-order valence-corrected chi connectivity index (χ3v) is 6.00. The second-order valence-electron chi connectivity index (χ2n) is 6.63. The summed E-state index contributed by atoms with van der Waals surface area (Å²) in [6, 6.07) is 23.3. The maximum atomic E-state index is 11.8. The van der Waals surface area contributed by atoms with Crippen molar-refractivity contribution in [2.45, 2.75) is 11.9 Å². The van der Waals surface area contributed by atoms with Crippen LogP contribution in [-0.4, -0.2) is 28.1 Å². The highest BCUT2D eigenvalue weighted by molar-refractivity contribution is 9.10. The topological polar surface area (TPSA) is 52.1 Å². The predicted molar refractivity (Wildman–Crippen MR) is 125 cm³/mol. The van der Waals surface area contributed by atoms with E-state index in [0.717, 1.165) is 26.0 Å². The molecule has 6 heteroatoms. The van der Waals surface area contributed by atoms with Gasteiger partial charge in [-0.05, 0) is 37.3 Å². The molecule has 0 unspecified atom stereocenters. The first-order chi connectivity index (χ1) is 14.6. The molecular weight excluding hydrogens is 460 g/mol. The number of carbonyl (C=O) groups excluding carboxylic acids is 1. The molecule has 0 amide bonds. The Morgan fingerprint density at radius 2 is 1.70 bits per heavy atom. The second-order valence-corrected chi connectivity index (χ2v) is 8.62. The fraction of sp³-hybridized carbons (Fsp3) is 0.125. The molecule has 0 aliphatic heterocycles. The van der Waals surface area contributed by atoms with E-state index in [1.807, 2.05) is 66.7 Å². The van der Waals surface area contributed by atoms with Crippen LogP contribution in [0.5, 0.6) is 5.75 Å². The summed E-state index contributed by atoms with van der Waals surface area (Å²) in [6.07, 6.45) is 0. The molecule has 0 aliphatic carbocycles. The van der Waals surface area contributed by atoms with Crippen molar-refractivity contribution in [3.8, 4) is 17.1 Å². The summed E-state index contributed by atoms with van der Waals surface area (Å²) < 4.78 is 6.89. The molecule has 1 aromatic heterocycles. The fourth-order valence-corrected chi connectivity index (χ4v) is 4.16. The third kappa shape index (κ3) is 4.71. The van der Waals surface area contributed by atoms with Gasteiger partial charge in [-0.2, -0.15) is 0 Å². The number of aromatic nitrogens is 2. The number of fused-ring (bicyclic) bond motifs is 1. The van der Waals surface area contributed by atoms with Crippen molar-refractivity contribution in [3.63, 3.8) is 0 Å². The third-order valence-electron chi connectivity index (χ3n) is 4.52. The number of thioether (sulfide) groups is 1. The Morgan fingerprint density at radius 3 is 2.50 bits per heavy atom. The van der Waals surface area contributed by atoms with Gasteiger partial charge in [0.25, 0.3) is 0 Å². The zero-order valence-electron chi connectivity index (χ0n) is 16.3. The Hall–Kier alpha value is -2.70. The standard InChI is InChI=1S/C24H19BrN2O2S/c1-16(28)19-6-3-5-9-22(19)29-14-15-30-24-20-7-2-4-8-21(20)26-23(27-24)17-10-12-18(25)13-11-17/h2-13H,14-15H2,1H3. The molecule has 0 spiro atoms. The Bertz CT molecular complexity index is 1200. The smallest absolute Gasteiger partial charge is 0.163 e. The largest absolute Gasteiger partial charge is 0.492 e. The summed E-state index contributed by atoms with van der Waals surface area (Å²) in [4.78, 5) is 21.3. The predicted octanol–water partition coefficient (Wildman–Crippen LogP) is 6.43. The fourth-order valence-electron chi connectivity index (χ4n) is 3.06. The van der Waals surface area contributed by atoms with E-state index < -0.39 is 0 Å². The van der Waals surface area contributed by atoms with Gasteiger partial charge in [0.05, 0.1) is 17.7 Å². The molecule has 4 aromatic rings. The molecule has 1 heterocycles. The maximum absolute atomic E-state index is 11.8. The lowest BCUT2D eigenvalue weighted by molar-refractivity contribution is 0.101. The van der Waals surface area contributed by atoms with Gasteiger partial charge in [0.15, 0.2) is 11.6 Å². The van der Waals surface area contributed by atoms with Crippen LogP contribution in [0.1, 0.15) is 17.3 Å². The molecule has 0 N–H and O–H groups in total. The van der Waals surface area contributed by atoms with Gasteiger partial charge in [0.1, 0.15) is 10.8 Å². The Labute approximate surface area is 187 Å². The number of rotatable bonds is 7. The molecule has 0 aliphatic rings. The van der Waals surface area contributed by atoms with E-state index in [4.69, 9.17) is 14.7 Å². The van der Waals surface area contributed by atoms with Gasteiger partial charge in [-0.25, -0.2) is 9.97 Å². The number of carbonyl (C=O) groups is 1. The van der Waals surface area contributed by atoms with Crippen LogP contribution in [0.2, 0.25) is 0 Å².